The van der Waals surface area contributed by atoms with Gasteiger partial charge in [-0.3, -0.25) is 9.59 Å². The highest BCUT2D eigenvalue weighted by atomic mass is 79.9. The molecule has 0 unspecified atom stereocenters. The number of benzene rings is 2. The number of ketones is 1. The number of hydrogen-bond donors (Lipinski definition) is 3. The average molecular weight is 554 g/mol. The third kappa shape index (κ3) is 6.54. The molecule has 8 heteroatoms. The van der Waals surface area contributed by atoms with Gasteiger partial charge in [-0.15, -0.1) is 0 Å². The largest absolute Gasteiger partial charge is 0.469 e. The zero-order chi connectivity index (χ0) is 22.4. The van der Waals surface area contributed by atoms with Gasteiger partial charge >= 0.3 is 5.97 Å². The van der Waals surface area contributed by atoms with Gasteiger partial charge in [0.15, 0.2) is 5.78 Å². The Hall–Kier alpha value is -1.90. The minimum absolute atomic E-state index is 0.0187. The summed E-state index contributed by atoms with van der Waals surface area (Å²) in [4.78, 5) is 23.0. The SMILES string of the molecule is COC(=O)C[C@@H]1Nc2cc(Br)ccc2CC1=O.OCC[C@H]1CCc2ccc(Br)cc2N1. The van der Waals surface area contributed by atoms with Crippen molar-refractivity contribution in [2.75, 3.05) is 24.4 Å². The standard InChI is InChI=1S/C12H12BrNO3.C11H14BrNO/c1-17-12(16)6-10-11(15)4-7-2-3-8(13)5-9(7)14-10;12-9-3-1-8-2-4-10(5-6-14)13-11(8)7-9/h2-3,5,10,14H,4,6H2,1H3;1,3,7,10,13-14H,2,4-6H2/t2*10-/m01/s1. The molecule has 2 aromatic carbocycles. The zero-order valence-electron chi connectivity index (χ0n) is 17.3. The minimum Gasteiger partial charge on any atom is -0.469 e. The van der Waals surface area contributed by atoms with Crippen LogP contribution in [0, 0.1) is 0 Å². The number of anilines is 2. The number of rotatable bonds is 4. The summed E-state index contributed by atoms with van der Waals surface area (Å²) >= 11 is 6.83. The van der Waals surface area contributed by atoms with Crippen LogP contribution >= 0.6 is 31.9 Å². The number of halogens is 2. The van der Waals surface area contributed by atoms with Crippen molar-refractivity contribution in [2.45, 2.75) is 44.2 Å². The summed E-state index contributed by atoms with van der Waals surface area (Å²) in [7, 11) is 1.32. The van der Waals surface area contributed by atoms with Crippen LogP contribution in [0.1, 0.15) is 30.4 Å². The molecular formula is C23H26Br2N2O4. The predicted molar refractivity (Wildman–Crippen MR) is 128 cm³/mol. The molecule has 166 valence electrons. The number of esters is 1. The summed E-state index contributed by atoms with van der Waals surface area (Å²) in [6, 6.07) is 12.0. The first-order chi connectivity index (χ1) is 14.9. The van der Waals surface area contributed by atoms with Crippen LogP contribution in [0.5, 0.6) is 0 Å². The van der Waals surface area contributed by atoms with Gasteiger partial charge in [0.1, 0.15) is 0 Å². The van der Waals surface area contributed by atoms with Gasteiger partial charge in [-0.2, -0.15) is 0 Å². The summed E-state index contributed by atoms with van der Waals surface area (Å²) in [5, 5.41) is 15.4. The predicted octanol–water partition coefficient (Wildman–Crippen LogP) is 4.48. The van der Waals surface area contributed by atoms with Crippen molar-refractivity contribution >= 4 is 55.0 Å². The lowest BCUT2D eigenvalue weighted by Gasteiger charge is -2.26. The van der Waals surface area contributed by atoms with E-state index in [0.717, 1.165) is 39.5 Å². The maximum Gasteiger partial charge on any atom is 0.308 e. The normalized spacial score (nSPS) is 19.0. The van der Waals surface area contributed by atoms with Gasteiger partial charge in [0.05, 0.1) is 19.6 Å². The fourth-order valence-electron chi connectivity index (χ4n) is 3.73. The molecule has 2 heterocycles. The van der Waals surface area contributed by atoms with Gasteiger partial charge in [0, 0.05) is 39.4 Å². The van der Waals surface area contributed by atoms with Gasteiger partial charge in [0.25, 0.3) is 0 Å². The van der Waals surface area contributed by atoms with Crippen LogP contribution in [-0.2, 0) is 27.2 Å². The van der Waals surface area contributed by atoms with E-state index < -0.39 is 6.04 Å². The molecule has 6 nitrogen and oxygen atoms in total. The van der Waals surface area contributed by atoms with E-state index in [2.05, 4.69) is 65.4 Å². The number of ether oxygens (including phenoxy) is 1. The summed E-state index contributed by atoms with van der Waals surface area (Å²) in [6.45, 7) is 0.265. The molecule has 0 saturated carbocycles. The van der Waals surface area contributed by atoms with Crippen molar-refractivity contribution in [2.24, 2.45) is 0 Å². The molecule has 2 aliphatic heterocycles. The highest BCUT2D eigenvalue weighted by Gasteiger charge is 2.27. The van der Waals surface area contributed by atoms with Gasteiger partial charge in [-0.25, -0.2) is 0 Å². The first kappa shape index (κ1) is 23.8. The Labute approximate surface area is 199 Å². The Bertz CT molecular complexity index is 951. The molecule has 31 heavy (non-hydrogen) atoms. The number of fused-ring (bicyclic) bond motifs is 2. The second-order valence-corrected chi connectivity index (χ2v) is 9.45. The van der Waals surface area contributed by atoms with E-state index in [0.29, 0.717) is 12.5 Å². The number of aliphatic hydroxyl groups is 1. The zero-order valence-corrected chi connectivity index (χ0v) is 20.5. The van der Waals surface area contributed by atoms with E-state index in [1.165, 1.54) is 18.4 Å². The number of carbonyl (C=O) groups excluding carboxylic acids is 2. The van der Waals surface area contributed by atoms with Crippen molar-refractivity contribution in [3.8, 4) is 0 Å². The van der Waals surface area contributed by atoms with Crippen molar-refractivity contribution < 1.29 is 19.4 Å². The number of carbonyl (C=O) groups is 2. The van der Waals surface area contributed by atoms with Crippen molar-refractivity contribution in [3.63, 3.8) is 0 Å². The second-order valence-electron chi connectivity index (χ2n) is 7.62. The van der Waals surface area contributed by atoms with E-state index in [4.69, 9.17) is 5.11 Å². The van der Waals surface area contributed by atoms with Crippen LogP contribution < -0.4 is 10.6 Å². The van der Waals surface area contributed by atoms with Crippen LogP contribution in [0.3, 0.4) is 0 Å². The van der Waals surface area contributed by atoms with Crippen LogP contribution in [0.4, 0.5) is 11.4 Å². The van der Waals surface area contributed by atoms with Crippen LogP contribution in [0.15, 0.2) is 45.3 Å². The molecule has 4 rings (SSSR count). The Balaban J connectivity index is 0.000000179. The Morgan fingerprint density at radius 2 is 1.74 bits per heavy atom. The summed E-state index contributed by atoms with van der Waals surface area (Å²) in [6.07, 6.45) is 3.50. The van der Waals surface area contributed by atoms with Gasteiger partial charge in [0.2, 0.25) is 0 Å². The number of Topliss-reactive ketones (excluding diaryl/α,β-unsaturated/α-hetero) is 1. The van der Waals surface area contributed by atoms with Gasteiger partial charge in [-0.1, -0.05) is 44.0 Å². The molecule has 0 aromatic heterocycles. The second kappa shape index (κ2) is 11.1. The molecule has 0 spiro atoms. The van der Waals surface area contributed by atoms with E-state index in [-0.39, 0.29) is 24.8 Å². The maximum absolute atomic E-state index is 11.8. The molecule has 0 saturated heterocycles. The lowest BCUT2D eigenvalue weighted by molar-refractivity contribution is -0.142. The lowest BCUT2D eigenvalue weighted by Crippen LogP contribution is -2.37. The Morgan fingerprint density at radius 1 is 1.10 bits per heavy atom. The van der Waals surface area contributed by atoms with E-state index in [1.807, 2.05) is 18.2 Å². The van der Waals surface area contributed by atoms with Crippen LogP contribution in [-0.4, -0.2) is 42.7 Å². The monoisotopic (exact) mass is 552 g/mol. The molecule has 0 bridgehead atoms. The summed E-state index contributed by atoms with van der Waals surface area (Å²) < 4.78 is 6.62. The molecule has 2 aromatic rings. The van der Waals surface area contributed by atoms with Crippen molar-refractivity contribution in [1.82, 2.24) is 0 Å². The van der Waals surface area contributed by atoms with E-state index in [1.54, 1.807) is 0 Å². The topological polar surface area (TPSA) is 87.7 Å². The first-order valence-corrected chi connectivity index (χ1v) is 11.8. The molecule has 2 atom stereocenters. The molecule has 0 aliphatic carbocycles. The highest BCUT2D eigenvalue weighted by Crippen LogP contribution is 2.29. The van der Waals surface area contributed by atoms with Crippen molar-refractivity contribution in [3.05, 3.63) is 56.5 Å². The smallest absolute Gasteiger partial charge is 0.308 e. The molecule has 0 amide bonds. The van der Waals surface area contributed by atoms with E-state index in [9.17, 15) is 9.59 Å². The number of nitrogens with one attached hydrogen (secondary N) is 2. The van der Waals surface area contributed by atoms with Crippen LogP contribution in [0.2, 0.25) is 0 Å². The minimum atomic E-state index is -0.482. The molecule has 3 N–H and O–H groups in total. The fourth-order valence-corrected chi connectivity index (χ4v) is 4.45. The third-order valence-corrected chi connectivity index (χ3v) is 6.41. The quantitative estimate of drug-likeness (QED) is 0.484. The number of hydrogen-bond acceptors (Lipinski definition) is 6. The molecule has 2 aliphatic rings. The Kier molecular flexibility index (Phi) is 8.51. The average Bonchev–Trinajstić information content (AvgIpc) is 2.75. The molecule has 0 fully saturated rings. The fraction of sp³-hybridized carbons (Fsp3) is 0.391. The highest BCUT2D eigenvalue weighted by molar-refractivity contribution is 9.10. The Morgan fingerprint density at radius 3 is 2.39 bits per heavy atom. The number of aliphatic hydroxyl groups excluding tert-OH is 1. The summed E-state index contributed by atoms with van der Waals surface area (Å²) in [5.74, 6) is -0.362. The van der Waals surface area contributed by atoms with Gasteiger partial charge in [-0.05, 0) is 54.7 Å². The van der Waals surface area contributed by atoms with Gasteiger partial charge < -0.3 is 20.5 Å². The maximum atomic E-state index is 11.8. The van der Waals surface area contributed by atoms with Crippen molar-refractivity contribution in [1.29, 1.82) is 0 Å². The molecule has 0 radical (unpaired) electrons. The summed E-state index contributed by atoms with van der Waals surface area (Å²) in [5.41, 5.74) is 4.44. The van der Waals surface area contributed by atoms with Crippen LogP contribution in [0.25, 0.3) is 0 Å². The lowest BCUT2D eigenvalue weighted by atomic mass is 9.95. The third-order valence-electron chi connectivity index (χ3n) is 5.42. The number of methoxy groups -OCH3 is 1. The first-order valence-electron chi connectivity index (χ1n) is 10.2. The van der Waals surface area contributed by atoms with E-state index >= 15 is 0 Å². The molecular weight excluding hydrogens is 528 g/mol. The number of aryl methyl sites for hydroxylation is 1.